The number of amides is 1. The highest BCUT2D eigenvalue weighted by molar-refractivity contribution is 7.71. The minimum atomic E-state index is -0.0940. The number of hydrogen-bond acceptors (Lipinski definition) is 3. The van der Waals surface area contributed by atoms with E-state index >= 15 is 0 Å². The van der Waals surface area contributed by atoms with Gasteiger partial charge in [-0.2, -0.15) is 5.10 Å². The van der Waals surface area contributed by atoms with Gasteiger partial charge in [-0.25, -0.2) is 4.68 Å². The average molecular weight is 336 g/mol. The van der Waals surface area contributed by atoms with Gasteiger partial charge in [-0.05, 0) is 35.5 Å². The van der Waals surface area contributed by atoms with E-state index in [2.05, 4.69) is 15.4 Å². The first kappa shape index (κ1) is 15.9. The zero-order valence-electron chi connectivity index (χ0n) is 13.1. The second-order valence-electron chi connectivity index (χ2n) is 5.23. The van der Waals surface area contributed by atoms with Crippen molar-refractivity contribution in [3.8, 4) is 11.3 Å². The summed E-state index contributed by atoms with van der Waals surface area (Å²) in [6.07, 6.45) is 3.58. The second kappa shape index (κ2) is 7.06. The van der Waals surface area contributed by atoms with Gasteiger partial charge >= 0.3 is 0 Å². The summed E-state index contributed by atoms with van der Waals surface area (Å²) in [5, 5.41) is 7.11. The molecule has 24 heavy (non-hydrogen) atoms. The first-order valence-electron chi connectivity index (χ1n) is 7.41. The van der Waals surface area contributed by atoms with Crippen LogP contribution >= 0.6 is 12.2 Å². The molecule has 3 rings (SSSR count). The molecule has 1 amide bonds. The maximum Gasteiger partial charge on any atom is 0.221 e. The van der Waals surface area contributed by atoms with Gasteiger partial charge in [0.2, 0.25) is 5.91 Å². The van der Waals surface area contributed by atoms with Crippen LogP contribution < -0.4 is 5.32 Å². The van der Waals surface area contributed by atoms with Crippen LogP contribution in [0.1, 0.15) is 12.5 Å². The summed E-state index contributed by atoms with van der Waals surface area (Å²) in [5.74, 6) is -0.0940. The lowest BCUT2D eigenvalue weighted by Crippen LogP contribution is -2.05. The van der Waals surface area contributed by atoms with Crippen LogP contribution in [0.3, 0.4) is 0 Å². The van der Waals surface area contributed by atoms with E-state index in [0.29, 0.717) is 4.77 Å². The van der Waals surface area contributed by atoms with Crippen molar-refractivity contribution in [1.29, 1.82) is 0 Å². The minimum absolute atomic E-state index is 0.0940. The Morgan fingerprint density at radius 1 is 1.17 bits per heavy atom. The molecule has 0 fully saturated rings. The molecular formula is C18H16N4OS. The molecule has 0 saturated carbocycles. The van der Waals surface area contributed by atoms with Gasteiger partial charge in [-0.3, -0.25) is 4.79 Å². The van der Waals surface area contributed by atoms with Crippen LogP contribution in [0.2, 0.25) is 0 Å². The monoisotopic (exact) mass is 336 g/mol. The molecule has 0 saturated heterocycles. The number of nitrogens with one attached hydrogen (secondary N) is 2. The van der Waals surface area contributed by atoms with Crippen molar-refractivity contribution < 1.29 is 4.79 Å². The number of aromatic amines is 1. The number of H-pyrrole nitrogens is 1. The molecule has 0 spiro atoms. The molecule has 0 unspecified atom stereocenters. The Morgan fingerprint density at radius 2 is 1.88 bits per heavy atom. The molecule has 0 atom stereocenters. The van der Waals surface area contributed by atoms with E-state index in [-0.39, 0.29) is 5.91 Å². The lowest BCUT2D eigenvalue weighted by atomic mass is 10.2. The third kappa shape index (κ3) is 3.85. The fourth-order valence-corrected chi connectivity index (χ4v) is 2.43. The van der Waals surface area contributed by atoms with E-state index in [1.165, 1.54) is 6.92 Å². The fourth-order valence-electron chi connectivity index (χ4n) is 2.22. The van der Waals surface area contributed by atoms with E-state index in [1.807, 2.05) is 60.8 Å². The Balaban J connectivity index is 1.78. The molecule has 0 aliphatic heterocycles. The molecule has 0 aliphatic carbocycles. The molecule has 1 heterocycles. The van der Waals surface area contributed by atoms with E-state index in [9.17, 15) is 4.79 Å². The van der Waals surface area contributed by atoms with Crippen molar-refractivity contribution in [3.63, 3.8) is 0 Å². The number of hydrogen-bond donors (Lipinski definition) is 2. The quantitative estimate of drug-likeness (QED) is 0.557. The van der Waals surface area contributed by atoms with Crippen molar-refractivity contribution in [2.45, 2.75) is 6.92 Å². The molecule has 1 aromatic heterocycles. The van der Waals surface area contributed by atoms with Gasteiger partial charge in [0.1, 0.15) is 0 Å². The zero-order valence-corrected chi connectivity index (χ0v) is 13.9. The summed E-state index contributed by atoms with van der Waals surface area (Å²) in [4.78, 5) is 14.2. The van der Waals surface area contributed by atoms with Gasteiger partial charge in [-0.1, -0.05) is 42.5 Å². The smallest absolute Gasteiger partial charge is 0.221 e. The number of benzene rings is 2. The summed E-state index contributed by atoms with van der Waals surface area (Å²) in [7, 11) is 0. The number of rotatable bonds is 4. The van der Waals surface area contributed by atoms with Gasteiger partial charge in [0.05, 0.1) is 18.1 Å². The van der Waals surface area contributed by atoms with Crippen LogP contribution in [0.25, 0.3) is 11.3 Å². The molecule has 120 valence electrons. The predicted octanol–water partition coefficient (Wildman–Crippen LogP) is 4.05. The van der Waals surface area contributed by atoms with Crippen LogP contribution in [0.4, 0.5) is 5.69 Å². The first-order valence-corrected chi connectivity index (χ1v) is 7.82. The van der Waals surface area contributed by atoms with Gasteiger partial charge in [0.15, 0.2) is 4.77 Å². The van der Waals surface area contributed by atoms with Gasteiger partial charge in [0, 0.05) is 12.6 Å². The lowest BCUT2D eigenvalue weighted by molar-refractivity contribution is -0.114. The third-order valence-electron chi connectivity index (χ3n) is 3.35. The molecule has 5 nitrogen and oxygen atoms in total. The first-order chi connectivity index (χ1) is 11.6. The molecule has 2 aromatic carbocycles. The SMILES string of the molecule is CC(=O)Nc1ccc(/C=N\n2cc(-c3ccccc3)[nH]c2=S)cc1. The number of nitrogens with zero attached hydrogens (tertiary/aromatic N) is 2. The summed E-state index contributed by atoms with van der Waals surface area (Å²) < 4.78 is 2.15. The zero-order chi connectivity index (χ0) is 16.9. The van der Waals surface area contributed by atoms with E-state index in [4.69, 9.17) is 12.2 Å². The highest BCUT2D eigenvalue weighted by Crippen LogP contribution is 2.16. The number of carbonyl (C=O) groups excluding carboxylic acids is 1. The standard InChI is InChI=1S/C18H16N4OS/c1-13(23)20-16-9-7-14(8-10-16)11-19-22-12-17(21-18(22)24)15-5-3-2-4-6-15/h2-12H,1H3,(H,20,23)(H,21,24)/b19-11-. The fraction of sp³-hybridized carbons (Fsp3) is 0.0556. The maximum atomic E-state index is 11.0. The maximum absolute atomic E-state index is 11.0. The minimum Gasteiger partial charge on any atom is -0.329 e. The van der Waals surface area contributed by atoms with Crippen molar-refractivity contribution in [3.05, 3.63) is 71.1 Å². The second-order valence-corrected chi connectivity index (χ2v) is 5.62. The molecule has 0 aliphatic rings. The van der Waals surface area contributed by atoms with Crippen LogP contribution in [0.15, 0.2) is 65.9 Å². The summed E-state index contributed by atoms with van der Waals surface area (Å²) in [5.41, 5.74) is 3.63. The van der Waals surface area contributed by atoms with Crippen LogP contribution in [-0.2, 0) is 4.79 Å². The summed E-state index contributed by atoms with van der Waals surface area (Å²) in [6.45, 7) is 1.48. The normalized spacial score (nSPS) is 10.9. The van der Waals surface area contributed by atoms with Crippen molar-refractivity contribution in [1.82, 2.24) is 9.66 Å². The number of carbonyl (C=O) groups is 1. The molecule has 0 radical (unpaired) electrons. The third-order valence-corrected chi connectivity index (χ3v) is 3.64. The highest BCUT2D eigenvalue weighted by atomic mass is 32.1. The van der Waals surface area contributed by atoms with E-state index in [0.717, 1.165) is 22.5 Å². The number of anilines is 1. The van der Waals surface area contributed by atoms with Crippen LogP contribution in [0, 0.1) is 4.77 Å². The van der Waals surface area contributed by atoms with Gasteiger partial charge in [0.25, 0.3) is 0 Å². The highest BCUT2D eigenvalue weighted by Gasteiger charge is 2.01. The van der Waals surface area contributed by atoms with Gasteiger partial charge < -0.3 is 10.3 Å². The Hall–Kier alpha value is -2.99. The number of imidazole rings is 1. The molecular weight excluding hydrogens is 320 g/mol. The molecule has 3 aromatic rings. The van der Waals surface area contributed by atoms with Crippen LogP contribution in [0.5, 0.6) is 0 Å². The Bertz CT molecular complexity index is 924. The lowest BCUT2D eigenvalue weighted by Gasteiger charge is -2.01. The Kier molecular flexibility index (Phi) is 4.67. The van der Waals surface area contributed by atoms with Crippen molar-refractivity contribution in [2.24, 2.45) is 5.10 Å². The molecule has 6 heteroatoms. The Labute approximate surface area is 144 Å². The van der Waals surface area contributed by atoms with Gasteiger partial charge in [-0.15, -0.1) is 0 Å². The van der Waals surface area contributed by atoms with Crippen molar-refractivity contribution in [2.75, 3.05) is 5.32 Å². The average Bonchev–Trinajstić information content (AvgIpc) is 2.95. The summed E-state index contributed by atoms with van der Waals surface area (Å²) in [6, 6.07) is 17.4. The van der Waals surface area contributed by atoms with Crippen LogP contribution in [-0.4, -0.2) is 21.8 Å². The molecule has 2 N–H and O–H groups in total. The largest absolute Gasteiger partial charge is 0.329 e. The predicted molar refractivity (Wildman–Crippen MR) is 98.8 cm³/mol. The molecule has 0 bridgehead atoms. The van der Waals surface area contributed by atoms with E-state index < -0.39 is 0 Å². The van der Waals surface area contributed by atoms with E-state index in [1.54, 1.807) is 10.9 Å². The topological polar surface area (TPSA) is 62.2 Å². The Morgan fingerprint density at radius 3 is 2.54 bits per heavy atom. The van der Waals surface area contributed by atoms with Crippen molar-refractivity contribution >= 4 is 30.0 Å². The summed E-state index contributed by atoms with van der Waals surface area (Å²) >= 11 is 5.30. The number of aromatic nitrogens is 2.